The van der Waals surface area contributed by atoms with E-state index in [-0.39, 0.29) is 5.91 Å². The van der Waals surface area contributed by atoms with Gasteiger partial charge in [-0.05, 0) is 36.6 Å². The van der Waals surface area contributed by atoms with Gasteiger partial charge in [0, 0.05) is 12.0 Å². The van der Waals surface area contributed by atoms with Crippen molar-refractivity contribution in [2.24, 2.45) is 0 Å². The Bertz CT molecular complexity index is 678. The number of carbonyl (C=O) groups excluding carboxylic acids is 1. The van der Waals surface area contributed by atoms with E-state index < -0.39 is 0 Å². The van der Waals surface area contributed by atoms with E-state index in [1.807, 2.05) is 24.3 Å². The fourth-order valence-corrected chi connectivity index (χ4v) is 3.17. The number of aromatic nitrogens is 2. The van der Waals surface area contributed by atoms with Crippen LogP contribution in [-0.4, -0.2) is 23.2 Å². The predicted octanol–water partition coefficient (Wildman–Crippen LogP) is 4.10. The van der Waals surface area contributed by atoms with E-state index in [9.17, 15) is 4.79 Å². The normalized spacial score (nSPS) is 11.1. The Balaban J connectivity index is 1.97. The molecular formula is C17H21N3O2S. The van der Waals surface area contributed by atoms with E-state index in [0.717, 1.165) is 29.2 Å². The third-order valence-electron chi connectivity index (χ3n) is 3.53. The number of hydrogen-bond donors (Lipinski definition) is 1. The first-order valence-electron chi connectivity index (χ1n) is 7.62. The minimum absolute atomic E-state index is 0.222. The molecule has 0 bridgehead atoms. The summed E-state index contributed by atoms with van der Waals surface area (Å²) < 4.78 is 5.15. The van der Waals surface area contributed by atoms with E-state index in [4.69, 9.17) is 4.74 Å². The molecule has 122 valence electrons. The Labute approximate surface area is 140 Å². The molecule has 0 spiro atoms. The third kappa shape index (κ3) is 4.89. The number of nitrogens with zero attached hydrogens (tertiary/aromatic N) is 2. The van der Waals surface area contributed by atoms with Gasteiger partial charge in [0.25, 0.3) is 0 Å². The summed E-state index contributed by atoms with van der Waals surface area (Å²) in [5.41, 5.74) is 0.898. The maximum atomic E-state index is 12.0. The summed E-state index contributed by atoms with van der Waals surface area (Å²) in [6, 6.07) is 7.50. The Hall–Kier alpha value is -2.21. The third-order valence-corrected chi connectivity index (χ3v) is 4.53. The van der Waals surface area contributed by atoms with Crippen LogP contribution in [0.25, 0.3) is 6.08 Å². The van der Waals surface area contributed by atoms with Crippen LogP contribution in [0, 0.1) is 0 Å². The van der Waals surface area contributed by atoms with Gasteiger partial charge in [0.15, 0.2) is 0 Å². The molecule has 1 aromatic heterocycles. The number of ether oxygens (including phenoxy) is 1. The number of rotatable bonds is 7. The fraction of sp³-hybridized carbons (Fsp3) is 0.353. The van der Waals surface area contributed by atoms with Crippen molar-refractivity contribution in [3.8, 4) is 5.75 Å². The van der Waals surface area contributed by atoms with Gasteiger partial charge in [0.1, 0.15) is 10.8 Å². The molecule has 0 aliphatic rings. The highest BCUT2D eigenvalue weighted by atomic mass is 32.1. The van der Waals surface area contributed by atoms with Crippen LogP contribution in [0.15, 0.2) is 30.3 Å². The summed E-state index contributed by atoms with van der Waals surface area (Å²) in [6.45, 7) is 4.26. The lowest BCUT2D eigenvalue weighted by molar-refractivity contribution is -0.111. The number of amides is 1. The van der Waals surface area contributed by atoms with E-state index in [1.165, 1.54) is 17.4 Å². The summed E-state index contributed by atoms with van der Waals surface area (Å²) >= 11 is 1.44. The number of hydrogen-bond acceptors (Lipinski definition) is 5. The van der Waals surface area contributed by atoms with Crippen LogP contribution >= 0.6 is 11.3 Å². The summed E-state index contributed by atoms with van der Waals surface area (Å²) in [7, 11) is 1.61. The van der Waals surface area contributed by atoms with Crippen LogP contribution in [0.2, 0.25) is 0 Å². The van der Waals surface area contributed by atoms with Crippen molar-refractivity contribution < 1.29 is 9.53 Å². The quantitative estimate of drug-likeness (QED) is 0.776. The summed E-state index contributed by atoms with van der Waals surface area (Å²) in [6.07, 6.45) is 5.26. The molecular weight excluding hydrogens is 310 g/mol. The van der Waals surface area contributed by atoms with Crippen molar-refractivity contribution >= 4 is 28.5 Å². The van der Waals surface area contributed by atoms with Crippen molar-refractivity contribution in [3.05, 3.63) is 40.9 Å². The lowest BCUT2D eigenvalue weighted by atomic mass is 10.1. The molecule has 0 atom stereocenters. The van der Waals surface area contributed by atoms with E-state index in [1.54, 1.807) is 13.2 Å². The lowest BCUT2D eigenvalue weighted by Gasteiger charge is -2.05. The van der Waals surface area contributed by atoms with Crippen LogP contribution in [0.3, 0.4) is 0 Å². The molecule has 2 rings (SSSR count). The van der Waals surface area contributed by atoms with Gasteiger partial charge in [0.2, 0.25) is 11.0 Å². The van der Waals surface area contributed by atoms with Crippen LogP contribution in [-0.2, 0) is 4.79 Å². The molecule has 0 radical (unpaired) electrons. The molecule has 0 aliphatic heterocycles. The van der Waals surface area contributed by atoms with Crippen molar-refractivity contribution in [1.82, 2.24) is 10.2 Å². The molecule has 0 saturated heterocycles. The first kappa shape index (κ1) is 17.1. The molecule has 0 aliphatic carbocycles. The minimum atomic E-state index is -0.222. The van der Waals surface area contributed by atoms with Crippen molar-refractivity contribution in [2.45, 2.75) is 32.6 Å². The van der Waals surface area contributed by atoms with Gasteiger partial charge in [-0.2, -0.15) is 0 Å². The second kappa shape index (κ2) is 8.43. The minimum Gasteiger partial charge on any atom is -0.497 e. The van der Waals surface area contributed by atoms with Crippen molar-refractivity contribution in [2.75, 3.05) is 12.4 Å². The number of carbonyl (C=O) groups is 1. The van der Waals surface area contributed by atoms with Crippen molar-refractivity contribution in [3.63, 3.8) is 0 Å². The largest absolute Gasteiger partial charge is 0.497 e. The SMILES string of the molecule is CCC(CC)c1nnc(NC(=O)/C=C/c2cccc(OC)c2)s1. The summed E-state index contributed by atoms with van der Waals surface area (Å²) in [5.74, 6) is 0.942. The van der Waals surface area contributed by atoms with Gasteiger partial charge in [-0.1, -0.05) is 37.3 Å². The highest BCUT2D eigenvalue weighted by Gasteiger charge is 2.13. The van der Waals surface area contributed by atoms with Crippen LogP contribution in [0.5, 0.6) is 5.75 Å². The van der Waals surface area contributed by atoms with Crippen LogP contribution in [0.1, 0.15) is 43.2 Å². The molecule has 1 N–H and O–H groups in total. The molecule has 1 heterocycles. The number of anilines is 1. The first-order chi connectivity index (χ1) is 11.2. The van der Waals surface area contributed by atoms with Gasteiger partial charge in [-0.25, -0.2) is 0 Å². The molecule has 23 heavy (non-hydrogen) atoms. The summed E-state index contributed by atoms with van der Waals surface area (Å²) in [4.78, 5) is 12.0. The molecule has 6 heteroatoms. The standard InChI is InChI=1S/C17H21N3O2S/c1-4-13(5-2)16-19-20-17(23-16)18-15(21)10-9-12-7-6-8-14(11-12)22-3/h6-11,13H,4-5H2,1-3H3,(H,18,20,21)/b10-9+. The maximum Gasteiger partial charge on any atom is 0.250 e. The van der Waals surface area contributed by atoms with Gasteiger partial charge in [-0.15, -0.1) is 10.2 Å². The second-order valence-corrected chi connectivity index (χ2v) is 6.07. The zero-order valence-electron chi connectivity index (χ0n) is 13.6. The highest BCUT2D eigenvalue weighted by Crippen LogP contribution is 2.28. The zero-order chi connectivity index (χ0) is 16.7. The van der Waals surface area contributed by atoms with E-state index in [0.29, 0.717) is 11.0 Å². The van der Waals surface area contributed by atoms with E-state index in [2.05, 4.69) is 29.4 Å². The molecule has 0 saturated carbocycles. The number of methoxy groups -OCH3 is 1. The second-order valence-electron chi connectivity index (χ2n) is 5.06. The average Bonchev–Trinajstić information content (AvgIpc) is 3.02. The monoisotopic (exact) mass is 331 g/mol. The Morgan fingerprint density at radius 2 is 2.13 bits per heavy atom. The van der Waals surface area contributed by atoms with Gasteiger partial charge in [0.05, 0.1) is 7.11 Å². The molecule has 5 nitrogen and oxygen atoms in total. The molecule has 1 aromatic carbocycles. The van der Waals surface area contributed by atoms with Gasteiger partial charge in [-0.3, -0.25) is 10.1 Å². The Kier molecular flexibility index (Phi) is 6.29. The van der Waals surface area contributed by atoms with Crippen molar-refractivity contribution in [1.29, 1.82) is 0 Å². The fourth-order valence-electron chi connectivity index (χ4n) is 2.15. The smallest absolute Gasteiger partial charge is 0.250 e. The maximum absolute atomic E-state index is 12.0. The Morgan fingerprint density at radius 1 is 1.35 bits per heavy atom. The Morgan fingerprint density at radius 3 is 2.83 bits per heavy atom. The molecule has 0 fully saturated rings. The number of benzene rings is 1. The first-order valence-corrected chi connectivity index (χ1v) is 8.44. The van der Waals surface area contributed by atoms with Gasteiger partial charge >= 0.3 is 0 Å². The zero-order valence-corrected chi connectivity index (χ0v) is 14.4. The highest BCUT2D eigenvalue weighted by molar-refractivity contribution is 7.15. The average molecular weight is 331 g/mol. The van der Waals surface area contributed by atoms with Crippen LogP contribution < -0.4 is 10.1 Å². The van der Waals surface area contributed by atoms with Gasteiger partial charge < -0.3 is 4.74 Å². The number of nitrogens with one attached hydrogen (secondary N) is 1. The van der Waals surface area contributed by atoms with E-state index >= 15 is 0 Å². The predicted molar refractivity (Wildman–Crippen MR) is 93.9 cm³/mol. The molecule has 0 unspecified atom stereocenters. The topological polar surface area (TPSA) is 64.1 Å². The van der Waals surface area contributed by atoms with Crippen LogP contribution in [0.4, 0.5) is 5.13 Å². The molecule has 1 amide bonds. The molecule has 2 aromatic rings. The summed E-state index contributed by atoms with van der Waals surface area (Å²) in [5, 5.41) is 12.5. The lowest BCUT2D eigenvalue weighted by Crippen LogP contribution is -2.07.